The molecule has 1 heterocycles. The Morgan fingerprint density at radius 2 is 1.95 bits per heavy atom. The molecule has 0 aliphatic carbocycles. The van der Waals surface area contributed by atoms with Crippen LogP contribution in [0.25, 0.3) is 0 Å². The minimum absolute atomic E-state index is 0.0298. The monoisotopic (exact) mass is 305 g/mol. The number of ether oxygens (including phenoxy) is 1. The van der Waals surface area contributed by atoms with Crippen molar-refractivity contribution in [2.45, 2.75) is 44.4 Å². The smallest absolute Gasteiger partial charge is 0.247 e. The van der Waals surface area contributed by atoms with Gasteiger partial charge in [0.15, 0.2) is 15.7 Å². The van der Waals surface area contributed by atoms with E-state index in [2.05, 4.69) is 10.1 Å². The van der Waals surface area contributed by atoms with Gasteiger partial charge in [-0.05, 0) is 27.2 Å². The van der Waals surface area contributed by atoms with Crippen LogP contribution in [0.5, 0.6) is 0 Å². The Balaban J connectivity index is 2.97. The first-order valence-corrected chi connectivity index (χ1v) is 8.32. The Morgan fingerprint density at radius 3 is 2.45 bits per heavy atom. The standard InChI is InChI=1S/C12H23N3O4S/c1-6-7-18-8-12(4,13)9-14-10(19-15-9)11(2,3)20(5,16)17/h6-8,13H2,1-5H3. The van der Waals surface area contributed by atoms with Crippen LogP contribution in [-0.2, 0) is 24.9 Å². The molecule has 1 rings (SSSR count). The zero-order valence-electron chi connectivity index (χ0n) is 12.6. The molecule has 7 nitrogen and oxygen atoms in total. The van der Waals surface area contributed by atoms with E-state index in [1.165, 1.54) is 13.8 Å². The molecule has 1 atom stereocenters. The van der Waals surface area contributed by atoms with Gasteiger partial charge in [-0.2, -0.15) is 4.98 Å². The first kappa shape index (κ1) is 17.1. The minimum Gasteiger partial charge on any atom is -0.379 e. The van der Waals surface area contributed by atoms with E-state index in [1.807, 2.05) is 6.92 Å². The minimum atomic E-state index is -3.38. The third-order valence-corrected chi connectivity index (χ3v) is 5.16. The highest BCUT2D eigenvalue weighted by Crippen LogP contribution is 2.28. The van der Waals surface area contributed by atoms with Gasteiger partial charge in [-0.1, -0.05) is 12.1 Å². The second-order valence-corrected chi connectivity index (χ2v) is 8.24. The first-order valence-electron chi connectivity index (χ1n) is 6.43. The molecular weight excluding hydrogens is 282 g/mol. The number of hydrogen-bond donors (Lipinski definition) is 1. The number of rotatable bonds is 7. The second-order valence-electron chi connectivity index (χ2n) is 5.68. The molecule has 0 bridgehead atoms. The van der Waals surface area contributed by atoms with Crippen LogP contribution in [-0.4, -0.2) is 38.0 Å². The van der Waals surface area contributed by atoms with Crippen molar-refractivity contribution in [2.24, 2.45) is 5.73 Å². The van der Waals surface area contributed by atoms with E-state index < -0.39 is 20.1 Å². The lowest BCUT2D eigenvalue weighted by atomic mass is 10.1. The van der Waals surface area contributed by atoms with E-state index in [-0.39, 0.29) is 18.3 Å². The Hall–Kier alpha value is -0.990. The molecule has 0 aliphatic rings. The summed E-state index contributed by atoms with van der Waals surface area (Å²) in [5, 5.41) is 3.79. The Morgan fingerprint density at radius 1 is 1.35 bits per heavy atom. The number of sulfone groups is 1. The van der Waals surface area contributed by atoms with Crippen LogP contribution >= 0.6 is 0 Å². The van der Waals surface area contributed by atoms with Gasteiger partial charge in [0, 0.05) is 12.9 Å². The van der Waals surface area contributed by atoms with Crippen LogP contribution in [0.1, 0.15) is 45.8 Å². The molecule has 0 aliphatic heterocycles. The average Bonchev–Trinajstić information content (AvgIpc) is 2.77. The Kier molecular flexibility index (Phi) is 4.94. The maximum atomic E-state index is 11.7. The van der Waals surface area contributed by atoms with Crippen LogP contribution in [0.3, 0.4) is 0 Å². The first-order chi connectivity index (χ1) is 9.02. The molecule has 2 N–H and O–H groups in total. The Labute approximate surface area is 119 Å². The van der Waals surface area contributed by atoms with Gasteiger partial charge >= 0.3 is 0 Å². The average molecular weight is 305 g/mol. The summed E-state index contributed by atoms with van der Waals surface area (Å²) in [6.07, 6.45) is 2.01. The van der Waals surface area contributed by atoms with Gasteiger partial charge in [-0.25, -0.2) is 8.42 Å². The molecule has 1 aromatic rings. The van der Waals surface area contributed by atoms with E-state index >= 15 is 0 Å². The molecule has 0 spiro atoms. The lowest BCUT2D eigenvalue weighted by Crippen LogP contribution is -2.39. The topological polar surface area (TPSA) is 108 Å². The molecule has 0 radical (unpaired) electrons. The van der Waals surface area contributed by atoms with Crippen molar-refractivity contribution in [2.75, 3.05) is 19.5 Å². The number of nitrogens with two attached hydrogens (primary N) is 1. The van der Waals surface area contributed by atoms with E-state index in [0.29, 0.717) is 6.61 Å². The van der Waals surface area contributed by atoms with Crippen LogP contribution in [0.4, 0.5) is 0 Å². The molecule has 0 amide bonds. The van der Waals surface area contributed by atoms with Crippen LogP contribution in [0, 0.1) is 0 Å². The fourth-order valence-electron chi connectivity index (χ4n) is 1.35. The third kappa shape index (κ3) is 3.56. The van der Waals surface area contributed by atoms with Crippen molar-refractivity contribution in [1.82, 2.24) is 10.1 Å². The summed E-state index contributed by atoms with van der Waals surface area (Å²) in [4.78, 5) is 4.14. The molecule has 1 aromatic heterocycles. The fourth-order valence-corrected chi connectivity index (χ4v) is 1.75. The molecular formula is C12H23N3O4S. The van der Waals surface area contributed by atoms with Gasteiger partial charge in [0.05, 0.1) is 6.61 Å². The highest BCUT2D eigenvalue weighted by atomic mass is 32.2. The van der Waals surface area contributed by atoms with E-state index in [9.17, 15) is 8.42 Å². The summed E-state index contributed by atoms with van der Waals surface area (Å²) in [6.45, 7) is 7.56. The van der Waals surface area contributed by atoms with E-state index in [0.717, 1.165) is 12.7 Å². The summed E-state index contributed by atoms with van der Waals surface area (Å²) in [5.74, 6) is 0.266. The van der Waals surface area contributed by atoms with Crippen LogP contribution in [0.15, 0.2) is 4.52 Å². The van der Waals surface area contributed by atoms with Crippen molar-refractivity contribution in [3.8, 4) is 0 Å². The van der Waals surface area contributed by atoms with Crippen molar-refractivity contribution < 1.29 is 17.7 Å². The lowest BCUT2D eigenvalue weighted by molar-refractivity contribution is 0.0867. The molecule has 116 valence electrons. The zero-order valence-corrected chi connectivity index (χ0v) is 13.5. The quantitative estimate of drug-likeness (QED) is 0.747. The molecule has 0 fully saturated rings. The molecule has 1 unspecified atom stereocenters. The SMILES string of the molecule is CCCOCC(C)(N)c1noc(C(C)(C)S(C)(=O)=O)n1. The van der Waals surface area contributed by atoms with Crippen molar-refractivity contribution >= 4 is 9.84 Å². The summed E-state index contributed by atoms with van der Waals surface area (Å²) in [5.41, 5.74) is 5.16. The van der Waals surface area contributed by atoms with Gasteiger partial charge in [-0.15, -0.1) is 0 Å². The predicted molar refractivity (Wildman–Crippen MR) is 74.8 cm³/mol. The third-order valence-electron chi connectivity index (χ3n) is 3.13. The summed E-state index contributed by atoms with van der Waals surface area (Å²) in [7, 11) is -3.38. The molecule has 8 heteroatoms. The highest BCUT2D eigenvalue weighted by molar-refractivity contribution is 7.91. The van der Waals surface area contributed by atoms with Crippen LogP contribution in [0.2, 0.25) is 0 Å². The maximum absolute atomic E-state index is 11.7. The van der Waals surface area contributed by atoms with Gasteiger partial charge in [0.25, 0.3) is 0 Å². The molecule has 0 aromatic carbocycles. The second kappa shape index (κ2) is 5.79. The molecule has 0 saturated carbocycles. The number of aromatic nitrogens is 2. The van der Waals surface area contributed by atoms with Gasteiger partial charge in [0.2, 0.25) is 5.89 Å². The fraction of sp³-hybridized carbons (Fsp3) is 0.833. The summed E-state index contributed by atoms with van der Waals surface area (Å²) in [6, 6.07) is 0. The largest absolute Gasteiger partial charge is 0.379 e. The normalized spacial score (nSPS) is 16.1. The molecule has 20 heavy (non-hydrogen) atoms. The number of nitrogens with zero attached hydrogens (tertiary/aromatic N) is 2. The van der Waals surface area contributed by atoms with E-state index in [4.69, 9.17) is 15.0 Å². The molecule has 0 saturated heterocycles. The number of hydrogen-bond acceptors (Lipinski definition) is 7. The van der Waals surface area contributed by atoms with E-state index in [1.54, 1.807) is 6.92 Å². The highest BCUT2D eigenvalue weighted by Gasteiger charge is 2.40. The predicted octanol–water partition coefficient (Wildman–Crippen LogP) is 0.950. The maximum Gasteiger partial charge on any atom is 0.247 e. The Bertz CT molecular complexity index is 549. The van der Waals surface area contributed by atoms with Gasteiger partial charge < -0.3 is 15.0 Å². The summed E-state index contributed by atoms with van der Waals surface area (Å²) >= 11 is 0. The van der Waals surface area contributed by atoms with Crippen molar-refractivity contribution in [3.05, 3.63) is 11.7 Å². The van der Waals surface area contributed by atoms with Crippen molar-refractivity contribution in [3.63, 3.8) is 0 Å². The van der Waals surface area contributed by atoms with Gasteiger partial charge in [-0.3, -0.25) is 0 Å². The van der Waals surface area contributed by atoms with Crippen LogP contribution < -0.4 is 5.73 Å². The van der Waals surface area contributed by atoms with Crippen molar-refractivity contribution in [1.29, 1.82) is 0 Å². The van der Waals surface area contributed by atoms with Gasteiger partial charge in [0.1, 0.15) is 10.3 Å². The zero-order chi connectivity index (χ0) is 15.6. The lowest BCUT2D eigenvalue weighted by Gasteiger charge is -2.20. The summed E-state index contributed by atoms with van der Waals surface area (Å²) < 4.78 is 32.7.